The van der Waals surface area contributed by atoms with Crippen LogP contribution in [0.3, 0.4) is 0 Å². The van der Waals surface area contributed by atoms with Crippen LogP contribution < -0.4 is 5.32 Å². The number of benzene rings is 1. The number of aliphatic hydroxyl groups excluding tert-OH is 1. The van der Waals surface area contributed by atoms with Crippen LogP contribution in [0.25, 0.3) is 5.69 Å². The number of carbonyl (C=O) groups excluding carboxylic acids is 1. The van der Waals surface area contributed by atoms with E-state index in [1.165, 1.54) is 0 Å². The van der Waals surface area contributed by atoms with Crippen molar-refractivity contribution in [1.82, 2.24) is 15.0 Å². The fourth-order valence-corrected chi connectivity index (χ4v) is 2.10. The molecule has 1 amide bonds. The Hall–Kier alpha value is -2.21. The Balaban J connectivity index is 2.27. The van der Waals surface area contributed by atoms with Gasteiger partial charge in [0.2, 0.25) is 5.91 Å². The van der Waals surface area contributed by atoms with Crippen molar-refractivity contribution in [3.8, 4) is 5.69 Å². The van der Waals surface area contributed by atoms with Gasteiger partial charge in [0.05, 0.1) is 30.1 Å². The number of hydrogen-bond donors (Lipinski definition) is 2. The van der Waals surface area contributed by atoms with Gasteiger partial charge in [-0.3, -0.25) is 4.79 Å². The Labute approximate surface area is 103 Å². The van der Waals surface area contributed by atoms with Crippen molar-refractivity contribution in [1.29, 1.82) is 0 Å². The number of amides is 1. The van der Waals surface area contributed by atoms with Crippen molar-refractivity contribution in [2.24, 2.45) is 0 Å². The molecule has 0 atom stereocenters. The highest BCUT2D eigenvalue weighted by Crippen LogP contribution is 2.26. The molecular formula is C12H12N4O2. The van der Waals surface area contributed by atoms with Crippen LogP contribution in [0.5, 0.6) is 0 Å². The molecule has 0 unspecified atom stereocenters. The summed E-state index contributed by atoms with van der Waals surface area (Å²) in [4.78, 5) is 11.8. The first-order valence-corrected chi connectivity index (χ1v) is 5.64. The van der Waals surface area contributed by atoms with E-state index in [9.17, 15) is 9.90 Å². The maximum Gasteiger partial charge on any atom is 0.230 e. The molecular weight excluding hydrogens is 232 g/mol. The van der Waals surface area contributed by atoms with Gasteiger partial charge in [-0.1, -0.05) is 11.3 Å². The van der Waals surface area contributed by atoms with Crippen LogP contribution in [0.1, 0.15) is 17.0 Å². The average molecular weight is 244 g/mol. The van der Waals surface area contributed by atoms with Crippen molar-refractivity contribution in [3.63, 3.8) is 0 Å². The van der Waals surface area contributed by atoms with Gasteiger partial charge in [-0.15, -0.1) is 5.10 Å². The number of anilines is 1. The molecule has 0 bridgehead atoms. The fraction of sp³-hybridized carbons (Fsp3) is 0.250. The number of nitrogens with one attached hydrogen (secondary N) is 1. The molecule has 0 saturated heterocycles. The van der Waals surface area contributed by atoms with Gasteiger partial charge in [-0.25, -0.2) is 4.68 Å². The summed E-state index contributed by atoms with van der Waals surface area (Å²) in [5, 5.41) is 20.0. The standard InChI is InChI=1S/C12H12N4O2/c1-7-2-3-8-10(4-7)16-11(5-12(18)13-8)9(6-17)14-15-16/h2-4,17H,5-6H2,1H3,(H,13,18). The molecule has 0 radical (unpaired) electrons. The maximum absolute atomic E-state index is 11.8. The van der Waals surface area contributed by atoms with Crippen molar-refractivity contribution in [2.75, 3.05) is 5.32 Å². The third kappa shape index (κ3) is 1.58. The molecule has 2 N–H and O–H groups in total. The van der Waals surface area contributed by atoms with E-state index in [0.29, 0.717) is 17.1 Å². The van der Waals surface area contributed by atoms with Crippen molar-refractivity contribution in [2.45, 2.75) is 20.0 Å². The first-order valence-electron chi connectivity index (χ1n) is 5.64. The number of fused-ring (bicyclic) bond motifs is 3. The topological polar surface area (TPSA) is 80.0 Å². The Kier molecular flexibility index (Phi) is 2.38. The first kappa shape index (κ1) is 10.9. The summed E-state index contributed by atoms with van der Waals surface area (Å²) in [6.45, 7) is 1.75. The Bertz CT molecular complexity index is 633. The summed E-state index contributed by atoms with van der Waals surface area (Å²) in [6, 6.07) is 5.70. The number of aryl methyl sites for hydroxylation is 1. The van der Waals surface area contributed by atoms with Crippen molar-refractivity contribution in [3.05, 3.63) is 35.2 Å². The lowest BCUT2D eigenvalue weighted by atomic mass is 10.2. The van der Waals surface area contributed by atoms with Gasteiger partial charge in [0.1, 0.15) is 5.69 Å². The zero-order valence-electron chi connectivity index (χ0n) is 9.84. The van der Waals surface area contributed by atoms with Gasteiger partial charge in [0.15, 0.2) is 0 Å². The molecule has 0 spiro atoms. The van der Waals surface area contributed by atoms with E-state index in [4.69, 9.17) is 0 Å². The molecule has 1 aliphatic rings. The predicted molar refractivity (Wildman–Crippen MR) is 64.4 cm³/mol. The Morgan fingerprint density at radius 2 is 2.33 bits per heavy atom. The van der Waals surface area contributed by atoms with E-state index in [0.717, 1.165) is 11.3 Å². The summed E-state index contributed by atoms with van der Waals surface area (Å²) in [5.74, 6) is -0.129. The van der Waals surface area contributed by atoms with E-state index in [1.54, 1.807) is 4.68 Å². The van der Waals surface area contributed by atoms with Crippen LogP contribution in [0.4, 0.5) is 5.69 Å². The molecule has 1 aliphatic heterocycles. The smallest absolute Gasteiger partial charge is 0.230 e. The second-order valence-electron chi connectivity index (χ2n) is 4.30. The normalized spacial score (nSPS) is 13.6. The Morgan fingerprint density at radius 1 is 1.50 bits per heavy atom. The Morgan fingerprint density at radius 3 is 3.11 bits per heavy atom. The van der Waals surface area contributed by atoms with Crippen LogP contribution in [-0.4, -0.2) is 26.0 Å². The molecule has 18 heavy (non-hydrogen) atoms. The number of rotatable bonds is 1. The second-order valence-corrected chi connectivity index (χ2v) is 4.30. The SMILES string of the molecule is Cc1ccc2c(c1)-n1nnc(CO)c1CC(=O)N2. The molecule has 2 aromatic rings. The summed E-state index contributed by atoms with van der Waals surface area (Å²) >= 11 is 0. The zero-order chi connectivity index (χ0) is 12.7. The van der Waals surface area contributed by atoms with Gasteiger partial charge in [-0.2, -0.15) is 0 Å². The van der Waals surface area contributed by atoms with Gasteiger partial charge < -0.3 is 10.4 Å². The molecule has 0 saturated carbocycles. The minimum Gasteiger partial charge on any atom is -0.390 e. The molecule has 1 aromatic heterocycles. The number of nitrogens with zero attached hydrogens (tertiary/aromatic N) is 3. The molecule has 1 aromatic carbocycles. The average Bonchev–Trinajstić information content (AvgIpc) is 2.68. The zero-order valence-corrected chi connectivity index (χ0v) is 9.84. The first-order chi connectivity index (χ1) is 8.69. The minimum atomic E-state index is -0.218. The molecule has 3 rings (SSSR count). The van der Waals surface area contributed by atoms with Gasteiger partial charge >= 0.3 is 0 Å². The van der Waals surface area contributed by atoms with E-state index in [-0.39, 0.29) is 18.9 Å². The lowest BCUT2D eigenvalue weighted by Crippen LogP contribution is -2.13. The van der Waals surface area contributed by atoms with Crippen LogP contribution in [-0.2, 0) is 17.8 Å². The molecule has 6 nitrogen and oxygen atoms in total. The number of aromatic nitrogens is 3. The maximum atomic E-state index is 11.8. The van der Waals surface area contributed by atoms with Crippen molar-refractivity contribution >= 4 is 11.6 Å². The number of aliphatic hydroxyl groups is 1. The van der Waals surface area contributed by atoms with Crippen LogP contribution >= 0.6 is 0 Å². The quantitative estimate of drug-likeness (QED) is 0.768. The molecule has 6 heteroatoms. The van der Waals surface area contributed by atoms with E-state index in [2.05, 4.69) is 15.6 Å². The second kappa shape index (κ2) is 3.92. The summed E-state index contributed by atoms with van der Waals surface area (Å²) in [6.07, 6.45) is 0.163. The van der Waals surface area contributed by atoms with Crippen LogP contribution in [0.2, 0.25) is 0 Å². The fourth-order valence-electron chi connectivity index (χ4n) is 2.10. The molecule has 2 heterocycles. The van der Waals surface area contributed by atoms with Gasteiger partial charge in [-0.05, 0) is 24.6 Å². The minimum absolute atomic E-state index is 0.129. The lowest BCUT2D eigenvalue weighted by Gasteiger charge is -2.08. The molecule has 0 aliphatic carbocycles. The highest BCUT2D eigenvalue weighted by Gasteiger charge is 2.23. The number of carbonyl (C=O) groups is 1. The van der Waals surface area contributed by atoms with Crippen molar-refractivity contribution < 1.29 is 9.90 Å². The third-order valence-electron chi connectivity index (χ3n) is 2.98. The summed E-state index contributed by atoms with van der Waals surface area (Å²) in [7, 11) is 0. The lowest BCUT2D eigenvalue weighted by molar-refractivity contribution is -0.115. The largest absolute Gasteiger partial charge is 0.390 e. The molecule has 92 valence electrons. The highest BCUT2D eigenvalue weighted by molar-refractivity contribution is 5.95. The van der Waals surface area contributed by atoms with E-state index in [1.807, 2.05) is 25.1 Å². The highest BCUT2D eigenvalue weighted by atomic mass is 16.3. The van der Waals surface area contributed by atoms with E-state index >= 15 is 0 Å². The van der Waals surface area contributed by atoms with Crippen LogP contribution in [0.15, 0.2) is 18.2 Å². The monoisotopic (exact) mass is 244 g/mol. The summed E-state index contributed by atoms with van der Waals surface area (Å²) in [5.41, 5.74) is 3.64. The van der Waals surface area contributed by atoms with Gasteiger partial charge in [0, 0.05) is 0 Å². The summed E-state index contributed by atoms with van der Waals surface area (Å²) < 4.78 is 1.62. The molecule has 0 fully saturated rings. The predicted octanol–water partition coefficient (Wildman–Crippen LogP) is 0.563. The van der Waals surface area contributed by atoms with Crippen LogP contribution in [0, 0.1) is 6.92 Å². The van der Waals surface area contributed by atoms with E-state index < -0.39 is 0 Å². The third-order valence-corrected chi connectivity index (χ3v) is 2.98. The van der Waals surface area contributed by atoms with Gasteiger partial charge in [0.25, 0.3) is 0 Å². The number of hydrogen-bond acceptors (Lipinski definition) is 4.